The molecule has 1 fully saturated rings. The maximum absolute atomic E-state index is 12.8. The Morgan fingerprint density at radius 2 is 2.00 bits per heavy atom. The highest BCUT2D eigenvalue weighted by Gasteiger charge is 2.41. The van der Waals surface area contributed by atoms with Gasteiger partial charge in [0, 0.05) is 37.0 Å². The van der Waals surface area contributed by atoms with Crippen LogP contribution in [0.3, 0.4) is 0 Å². The number of pyridine rings is 1. The molecule has 3 heterocycles. The molecule has 7 heteroatoms. The van der Waals surface area contributed by atoms with Crippen LogP contribution in [-0.4, -0.2) is 46.7 Å². The van der Waals surface area contributed by atoms with Crippen LogP contribution < -0.4 is 9.47 Å². The summed E-state index contributed by atoms with van der Waals surface area (Å²) < 4.78 is 10.6. The summed E-state index contributed by atoms with van der Waals surface area (Å²) in [5.41, 5.74) is 1.29. The quantitative estimate of drug-likeness (QED) is 0.916. The molecule has 7 nitrogen and oxygen atoms in total. The van der Waals surface area contributed by atoms with E-state index in [0.717, 1.165) is 5.56 Å². The molecule has 4 rings (SSSR count). The van der Waals surface area contributed by atoms with Gasteiger partial charge in [-0.3, -0.25) is 14.6 Å². The second-order valence-electron chi connectivity index (χ2n) is 6.12. The fraction of sp³-hybridized carbons (Fsp3) is 0.278. The van der Waals surface area contributed by atoms with Crippen LogP contribution in [0.15, 0.2) is 42.7 Å². The van der Waals surface area contributed by atoms with Gasteiger partial charge in [-0.05, 0) is 29.8 Å². The first-order chi connectivity index (χ1) is 12.1. The van der Waals surface area contributed by atoms with Crippen molar-refractivity contribution in [2.45, 2.75) is 5.92 Å². The molecule has 0 unspecified atom stereocenters. The fourth-order valence-corrected chi connectivity index (χ4v) is 3.37. The minimum absolute atomic E-state index is 0.140. The maximum Gasteiger partial charge on any atom is 0.308 e. The van der Waals surface area contributed by atoms with Crippen molar-refractivity contribution < 1.29 is 24.2 Å². The fourth-order valence-electron chi connectivity index (χ4n) is 3.37. The summed E-state index contributed by atoms with van der Waals surface area (Å²) >= 11 is 0. The van der Waals surface area contributed by atoms with Crippen LogP contribution in [0.2, 0.25) is 0 Å². The van der Waals surface area contributed by atoms with Crippen LogP contribution in [0.1, 0.15) is 21.8 Å². The van der Waals surface area contributed by atoms with E-state index in [4.69, 9.17) is 9.47 Å². The highest BCUT2D eigenvalue weighted by atomic mass is 16.7. The number of carbonyl (C=O) groups excluding carboxylic acids is 1. The SMILES string of the molecule is O=C(O)[C@@H]1CN(C(=O)c2ccc3c(c2)OCO3)C[C@H]1c1cccnc1. The Hall–Kier alpha value is -3.09. The number of likely N-dealkylation sites (tertiary alicyclic amines) is 1. The van der Waals surface area contributed by atoms with Gasteiger partial charge in [-0.25, -0.2) is 0 Å². The number of carbonyl (C=O) groups is 2. The van der Waals surface area contributed by atoms with Crippen LogP contribution in [0.25, 0.3) is 0 Å². The normalized spacial score (nSPS) is 21.4. The molecule has 1 saturated heterocycles. The van der Waals surface area contributed by atoms with E-state index < -0.39 is 11.9 Å². The van der Waals surface area contributed by atoms with Gasteiger partial charge in [0.2, 0.25) is 6.79 Å². The number of benzene rings is 1. The van der Waals surface area contributed by atoms with E-state index in [2.05, 4.69) is 4.98 Å². The van der Waals surface area contributed by atoms with Crippen LogP contribution in [0.4, 0.5) is 0 Å². The van der Waals surface area contributed by atoms with Gasteiger partial charge >= 0.3 is 5.97 Å². The molecule has 0 bridgehead atoms. The molecule has 128 valence electrons. The topological polar surface area (TPSA) is 89.0 Å². The summed E-state index contributed by atoms with van der Waals surface area (Å²) in [6.45, 7) is 0.652. The Kier molecular flexibility index (Phi) is 3.76. The number of aromatic nitrogens is 1. The summed E-state index contributed by atoms with van der Waals surface area (Å²) in [5.74, 6) is -0.907. The van der Waals surface area contributed by atoms with Crippen LogP contribution >= 0.6 is 0 Å². The minimum atomic E-state index is -0.908. The van der Waals surface area contributed by atoms with Crippen molar-refractivity contribution in [3.05, 3.63) is 53.9 Å². The Labute approximate surface area is 143 Å². The Balaban J connectivity index is 1.59. The minimum Gasteiger partial charge on any atom is -0.481 e. The summed E-state index contributed by atoms with van der Waals surface area (Å²) in [6.07, 6.45) is 3.30. The lowest BCUT2D eigenvalue weighted by molar-refractivity contribution is -0.141. The lowest BCUT2D eigenvalue weighted by Gasteiger charge is -2.16. The van der Waals surface area contributed by atoms with E-state index in [0.29, 0.717) is 23.6 Å². The predicted octanol–water partition coefficient (Wildman–Crippen LogP) is 1.75. The highest BCUT2D eigenvalue weighted by Crippen LogP contribution is 2.36. The van der Waals surface area contributed by atoms with E-state index in [1.807, 2.05) is 6.07 Å². The summed E-state index contributed by atoms with van der Waals surface area (Å²) in [7, 11) is 0. The molecule has 2 aliphatic heterocycles. The Bertz CT molecular complexity index is 823. The molecule has 1 aromatic carbocycles. The number of carboxylic acid groups (broad SMARTS) is 1. The maximum atomic E-state index is 12.8. The van der Waals surface area contributed by atoms with Crippen molar-refractivity contribution in [2.24, 2.45) is 5.92 Å². The van der Waals surface area contributed by atoms with Crippen LogP contribution in [0, 0.1) is 5.92 Å². The second-order valence-corrected chi connectivity index (χ2v) is 6.12. The predicted molar refractivity (Wildman–Crippen MR) is 86.6 cm³/mol. The largest absolute Gasteiger partial charge is 0.481 e. The smallest absolute Gasteiger partial charge is 0.308 e. The first-order valence-corrected chi connectivity index (χ1v) is 7.95. The number of carboxylic acids is 1. The zero-order valence-electron chi connectivity index (χ0n) is 13.3. The molecule has 2 aliphatic rings. The first-order valence-electron chi connectivity index (χ1n) is 7.95. The van der Waals surface area contributed by atoms with Gasteiger partial charge in [-0.1, -0.05) is 6.07 Å². The number of amides is 1. The molecule has 1 N–H and O–H groups in total. The third-order valence-corrected chi connectivity index (χ3v) is 4.66. The van der Waals surface area contributed by atoms with Gasteiger partial charge in [-0.2, -0.15) is 0 Å². The van der Waals surface area contributed by atoms with Crippen molar-refractivity contribution >= 4 is 11.9 Å². The van der Waals surface area contributed by atoms with Crippen molar-refractivity contribution in [3.8, 4) is 11.5 Å². The van der Waals surface area contributed by atoms with Crippen molar-refractivity contribution in [2.75, 3.05) is 19.9 Å². The van der Waals surface area contributed by atoms with Crippen molar-refractivity contribution in [1.29, 1.82) is 0 Å². The average Bonchev–Trinajstić information content (AvgIpc) is 3.28. The number of ether oxygens (including phenoxy) is 2. The number of rotatable bonds is 3. The highest BCUT2D eigenvalue weighted by molar-refractivity contribution is 5.95. The van der Waals surface area contributed by atoms with Crippen LogP contribution in [0.5, 0.6) is 11.5 Å². The number of aliphatic carboxylic acids is 1. The Morgan fingerprint density at radius 3 is 2.76 bits per heavy atom. The third kappa shape index (κ3) is 2.77. The van der Waals surface area contributed by atoms with Gasteiger partial charge in [0.15, 0.2) is 11.5 Å². The zero-order valence-corrected chi connectivity index (χ0v) is 13.3. The number of fused-ring (bicyclic) bond motifs is 1. The molecular weight excluding hydrogens is 324 g/mol. The zero-order chi connectivity index (χ0) is 17.4. The third-order valence-electron chi connectivity index (χ3n) is 4.66. The molecule has 25 heavy (non-hydrogen) atoms. The molecular formula is C18H16N2O5. The van der Waals surface area contributed by atoms with E-state index in [1.165, 1.54) is 0 Å². The second kappa shape index (κ2) is 6.08. The molecule has 0 spiro atoms. The summed E-state index contributed by atoms with van der Waals surface area (Å²) in [6, 6.07) is 8.62. The molecule has 2 aromatic rings. The van der Waals surface area contributed by atoms with Gasteiger partial charge in [-0.15, -0.1) is 0 Å². The van der Waals surface area contributed by atoms with Crippen molar-refractivity contribution in [3.63, 3.8) is 0 Å². The van der Waals surface area contributed by atoms with E-state index in [1.54, 1.807) is 41.6 Å². The molecule has 0 radical (unpaired) electrons. The number of hydrogen-bond donors (Lipinski definition) is 1. The van der Waals surface area contributed by atoms with Crippen molar-refractivity contribution in [1.82, 2.24) is 9.88 Å². The number of nitrogens with zero attached hydrogens (tertiary/aromatic N) is 2. The lowest BCUT2D eigenvalue weighted by Crippen LogP contribution is -2.29. The average molecular weight is 340 g/mol. The van der Waals surface area contributed by atoms with E-state index in [9.17, 15) is 14.7 Å². The molecule has 0 aliphatic carbocycles. The van der Waals surface area contributed by atoms with Gasteiger partial charge in [0.25, 0.3) is 5.91 Å². The molecule has 1 amide bonds. The summed E-state index contributed by atoms with van der Waals surface area (Å²) in [5, 5.41) is 9.55. The monoisotopic (exact) mass is 340 g/mol. The standard InChI is InChI=1S/C18H16N2O5/c21-17(11-3-4-15-16(6-11)25-10-24-15)20-8-13(14(9-20)18(22)23)12-2-1-5-19-7-12/h1-7,13-14H,8-10H2,(H,22,23)/t13-,14+/m0/s1. The van der Waals surface area contributed by atoms with Gasteiger partial charge < -0.3 is 19.5 Å². The first kappa shape index (κ1) is 15.4. The Morgan fingerprint density at radius 1 is 1.16 bits per heavy atom. The molecule has 1 aromatic heterocycles. The summed E-state index contributed by atoms with van der Waals surface area (Å²) in [4.78, 5) is 30.1. The lowest BCUT2D eigenvalue weighted by atomic mass is 9.90. The van der Waals surface area contributed by atoms with Gasteiger partial charge in [0.1, 0.15) is 0 Å². The van der Waals surface area contributed by atoms with Crippen LogP contribution in [-0.2, 0) is 4.79 Å². The molecule has 2 atom stereocenters. The number of hydrogen-bond acceptors (Lipinski definition) is 5. The molecule has 0 saturated carbocycles. The van der Waals surface area contributed by atoms with E-state index in [-0.39, 0.29) is 25.2 Å². The van der Waals surface area contributed by atoms with Gasteiger partial charge in [0.05, 0.1) is 5.92 Å². The van der Waals surface area contributed by atoms with E-state index >= 15 is 0 Å².